The maximum atomic E-state index is 13.2. The zero-order valence-corrected chi connectivity index (χ0v) is 30.1. The summed E-state index contributed by atoms with van der Waals surface area (Å²) in [4.78, 5) is 15.0. The Morgan fingerprint density at radius 1 is 0.771 bits per heavy atom. The van der Waals surface area contributed by atoms with Crippen molar-refractivity contribution in [2.24, 2.45) is 0 Å². The summed E-state index contributed by atoms with van der Waals surface area (Å²) in [7, 11) is 0.342. The molecule has 0 unspecified atom stereocenters. The van der Waals surface area contributed by atoms with Crippen LogP contribution >= 0.6 is 0 Å². The lowest BCUT2D eigenvalue weighted by Gasteiger charge is -2.44. The second-order valence-corrected chi connectivity index (χ2v) is 17.0. The molecule has 0 fully saturated rings. The third kappa shape index (κ3) is 8.95. The number of nitrogens with zero attached hydrogens (tertiary/aromatic N) is 1. The lowest BCUT2D eigenvalue weighted by Crippen LogP contribution is -2.67. The normalized spacial score (nSPS) is 12.9. The molecule has 4 aromatic rings. The number of carbonyl (C=O) groups is 1. The molecule has 0 aliphatic rings. The molecule has 0 bridgehead atoms. The van der Waals surface area contributed by atoms with Crippen molar-refractivity contribution in [2.45, 2.75) is 51.5 Å². The molecule has 0 radical (unpaired) electrons. The number of rotatable bonds is 17. The van der Waals surface area contributed by atoms with Crippen LogP contribution in [0.15, 0.2) is 122 Å². The first-order valence-electron chi connectivity index (χ1n) is 16.3. The van der Waals surface area contributed by atoms with E-state index >= 15 is 0 Å². The Balaban J connectivity index is 1.77. The van der Waals surface area contributed by atoms with E-state index in [4.69, 9.17) is 23.4 Å². The molecular formula is C40H49NO6Si. The Labute approximate surface area is 287 Å². The molecule has 0 heterocycles. The lowest BCUT2D eigenvalue weighted by molar-refractivity contribution is -0.137. The summed E-state index contributed by atoms with van der Waals surface area (Å²) in [6.07, 6.45) is 1.17. The molecule has 1 amide bonds. The fraction of sp³-hybridized carbons (Fsp3) is 0.325. The molecule has 48 heavy (non-hydrogen) atoms. The number of carbonyl (C=O) groups excluding carboxylic acids is 1. The molecule has 0 N–H and O–H groups in total. The van der Waals surface area contributed by atoms with Crippen molar-refractivity contribution in [2.75, 3.05) is 34.0 Å². The molecule has 2 atom stereocenters. The van der Waals surface area contributed by atoms with Crippen LogP contribution in [0.5, 0.6) is 17.2 Å². The van der Waals surface area contributed by atoms with Crippen molar-refractivity contribution in [1.82, 2.24) is 4.90 Å². The van der Waals surface area contributed by atoms with Gasteiger partial charge in [0.2, 0.25) is 5.91 Å². The van der Waals surface area contributed by atoms with Crippen LogP contribution in [0.3, 0.4) is 0 Å². The minimum atomic E-state index is -2.93. The first-order valence-corrected chi connectivity index (χ1v) is 18.2. The molecule has 0 saturated carbocycles. The number of ether oxygens (including phenoxy) is 4. The monoisotopic (exact) mass is 667 g/mol. The van der Waals surface area contributed by atoms with Gasteiger partial charge in [0.25, 0.3) is 8.32 Å². The maximum absolute atomic E-state index is 13.2. The molecule has 4 aromatic carbocycles. The molecular weight excluding hydrogens is 619 g/mol. The average Bonchev–Trinajstić information content (AvgIpc) is 3.10. The summed E-state index contributed by atoms with van der Waals surface area (Å²) >= 11 is 0. The molecule has 8 heteroatoms. The van der Waals surface area contributed by atoms with Gasteiger partial charge in [0.05, 0.1) is 33.5 Å². The zero-order chi connectivity index (χ0) is 34.6. The molecule has 4 rings (SSSR count). The fourth-order valence-electron chi connectivity index (χ4n) is 6.05. The van der Waals surface area contributed by atoms with Crippen LogP contribution in [0.1, 0.15) is 33.3 Å². The number of hydrogen-bond donors (Lipinski definition) is 0. The van der Waals surface area contributed by atoms with E-state index < -0.39 is 20.5 Å². The molecule has 0 aromatic heterocycles. The highest BCUT2D eigenvalue weighted by Crippen LogP contribution is 2.37. The molecule has 0 spiro atoms. The third-order valence-electron chi connectivity index (χ3n) is 8.54. The van der Waals surface area contributed by atoms with Gasteiger partial charge in [-0.05, 0) is 57.4 Å². The SMILES string of the molecule is C=CCN(C(C)=O)[C@H](COc1ccc(OC)cc1)[C@@H](CO[Si](c1ccccc1)(c1ccccc1)C(C)(C)C)OCc1ccc(OC)cc1. The number of benzene rings is 4. The van der Waals surface area contributed by atoms with E-state index in [1.807, 2.05) is 60.7 Å². The average molecular weight is 668 g/mol. The van der Waals surface area contributed by atoms with Crippen molar-refractivity contribution in [3.8, 4) is 17.2 Å². The quantitative estimate of drug-likeness (QED) is 0.0929. The highest BCUT2D eigenvalue weighted by Gasteiger charge is 2.51. The topological polar surface area (TPSA) is 66.5 Å². The van der Waals surface area contributed by atoms with E-state index in [-0.39, 0.29) is 24.2 Å². The number of methoxy groups -OCH3 is 2. The van der Waals surface area contributed by atoms with Crippen LogP contribution in [-0.2, 0) is 20.6 Å². The van der Waals surface area contributed by atoms with Crippen molar-refractivity contribution >= 4 is 24.6 Å². The molecule has 254 valence electrons. The van der Waals surface area contributed by atoms with Crippen LogP contribution in [0.25, 0.3) is 0 Å². The minimum absolute atomic E-state index is 0.110. The smallest absolute Gasteiger partial charge is 0.261 e. The predicted molar refractivity (Wildman–Crippen MR) is 195 cm³/mol. The first kappa shape index (κ1) is 36.5. The fourth-order valence-corrected chi connectivity index (χ4v) is 10.6. The molecule has 0 saturated heterocycles. The van der Waals surface area contributed by atoms with Crippen molar-refractivity contribution in [1.29, 1.82) is 0 Å². The van der Waals surface area contributed by atoms with E-state index in [1.54, 1.807) is 32.1 Å². The minimum Gasteiger partial charge on any atom is -0.497 e. The van der Waals surface area contributed by atoms with Crippen LogP contribution in [0.4, 0.5) is 0 Å². The number of hydrogen-bond acceptors (Lipinski definition) is 6. The van der Waals surface area contributed by atoms with Crippen LogP contribution in [0, 0.1) is 0 Å². The third-order valence-corrected chi connectivity index (χ3v) is 13.5. The Kier molecular flexibility index (Phi) is 13.0. The lowest BCUT2D eigenvalue weighted by atomic mass is 10.1. The van der Waals surface area contributed by atoms with E-state index in [9.17, 15) is 4.79 Å². The van der Waals surface area contributed by atoms with Crippen molar-refractivity contribution < 1.29 is 28.2 Å². The number of amides is 1. The van der Waals surface area contributed by atoms with Gasteiger partial charge >= 0.3 is 0 Å². The standard InChI is InChI=1S/C40H49NO6Si/c1-8-27-41(31(2)42)38(29-45-35-25-23-34(44-7)24-26-35)39(46-28-32-19-21-33(43-6)22-20-32)30-47-48(40(3,4)5,36-15-11-9-12-16-36)37-17-13-10-14-18-37/h8-26,38-39H,1,27-30H2,2-7H3/t38-,39-/m1/s1. The summed E-state index contributed by atoms with van der Waals surface area (Å²) in [6.45, 7) is 13.3. The van der Waals surface area contributed by atoms with Gasteiger partial charge in [-0.2, -0.15) is 0 Å². The Morgan fingerprint density at radius 3 is 1.73 bits per heavy atom. The largest absolute Gasteiger partial charge is 0.497 e. The van der Waals surface area contributed by atoms with Crippen LogP contribution in [-0.4, -0.2) is 65.2 Å². The van der Waals surface area contributed by atoms with Gasteiger partial charge in [-0.3, -0.25) is 4.79 Å². The van der Waals surface area contributed by atoms with E-state index in [0.29, 0.717) is 18.9 Å². The molecule has 0 aliphatic heterocycles. The second-order valence-electron chi connectivity index (χ2n) is 12.7. The van der Waals surface area contributed by atoms with E-state index in [0.717, 1.165) is 27.4 Å². The molecule has 0 aliphatic carbocycles. The summed E-state index contributed by atoms with van der Waals surface area (Å²) in [5.41, 5.74) is 0.971. The Morgan fingerprint density at radius 2 is 1.27 bits per heavy atom. The van der Waals surface area contributed by atoms with Gasteiger partial charge in [-0.15, -0.1) is 6.58 Å². The van der Waals surface area contributed by atoms with E-state index in [2.05, 4.69) is 75.9 Å². The zero-order valence-electron chi connectivity index (χ0n) is 29.1. The second kappa shape index (κ2) is 17.2. The Hall–Kier alpha value is -4.37. The Bertz CT molecular complexity index is 1520. The van der Waals surface area contributed by atoms with Crippen molar-refractivity contribution in [3.63, 3.8) is 0 Å². The van der Waals surface area contributed by atoms with Crippen LogP contribution in [0.2, 0.25) is 5.04 Å². The van der Waals surface area contributed by atoms with Gasteiger partial charge < -0.3 is 28.3 Å². The van der Waals surface area contributed by atoms with Gasteiger partial charge in [-0.1, -0.05) is 99.6 Å². The first-order chi connectivity index (χ1) is 23.1. The summed E-state index contributed by atoms with van der Waals surface area (Å²) < 4.78 is 31.2. The highest BCUT2D eigenvalue weighted by atomic mass is 28.4. The van der Waals surface area contributed by atoms with Crippen molar-refractivity contribution in [3.05, 3.63) is 127 Å². The molecule has 7 nitrogen and oxygen atoms in total. The highest BCUT2D eigenvalue weighted by molar-refractivity contribution is 6.99. The summed E-state index contributed by atoms with van der Waals surface area (Å²) in [5.74, 6) is 2.05. The summed E-state index contributed by atoms with van der Waals surface area (Å²) in [6, 6.07) is 35.7. The van der Waals surface area contributed by atoms with Crippen LogP contribution < -0.4 is 24.6 Å². The van der Waals surface area contributed by atoms with Gasteiger partial charge in [0.1, 0.15) is 30.0 Å². The van der Waals surface area contributed by atoms with Gasteiger partial charge in [-0.25, -0.2) is 0 Å². The van der Waals surface area contributed by atoms with Gasteiger partial charge in [0, 0.05) is 13.5 Å². The van der Waals surface area contributed by atoms with E-state index in [1.165, 1.54) is 0 Å². The van der Waals surface area contributed by atoms with Gasteiger partial charge in [0.15, 0.2) is 0 Å². The predicted octanol–water partition coefficient (Wildman–Crippen LogP) is 6.65. The maximum Gasteiger partial charge on any atom is 0.261 e. The summed E-state index contributed by atoms with van der Waals surface area (Å²) in [5, 5.41) is 2.09.